The molecule has 0 unspecified atom stereocenters. The van der Waals surface area contributed by atoms with Gasteiger partial charge in [0.2, 0.25) is 5.91 Å². The fourth-order valence-electron chi connectivity index (χ4n) is 3.86. The van der Waals surface area contributed by atoms with Gasteiger partial charge in [0.05, 0.1) is 0 Å². The Morgan fingerprint density at radius 3 is 2.23 bits per heavy atom. The fourth-order valence-corrected chi connectivity index (χ4v) is 3.86. The number of piperidine rings is 1. The van der Waals surface area contributed by atoms with Crippen LogP contribution in [-0.2, 0) is 9.59 Å². The van der Waals surface area contributed by atoms with Crippen molar-refractivity contribution in [2.75, 3.05) is 24.5 Å². The summed E-state index contributed by atoms with van der Waals surface area (Å²) >= 11 is 0. The van der Waals surface area contributed by atoms with Crippen LogP contribution in [0.1, 0.15) is 36.0 Å². The fraction of sp³-hybridized carbons (Fsp3) is 0.444. The minimum absolute atomic E-state index is 0.108. The molecule has 0 radical (unpaired) electrons. The summed E-state index contributed by atoms with van der Waals surface area (Å²) in [6, 6.07) is 6.59. The second kappa shape index (κ2) is 6.12. The van der Waals surface area contributed by atoms with Crippen LogP contribution in [0, 0.1) is 0 Å². The van der Waals surface area contributed by atoms with Gasteiger partial charge in [-0.3, -0.25) is 19.7 Å². The van der Waals surface area contributed by atoms with E-state index in [0.717, 1.165) is 12.1 Å². The molecular weight excluding hydrogens is 336 g/mol. The molecule has 1 aromatic rings. The Morgan fingerprint density at radius 1 is 1.00 bits per heavy atom. The van der Waals surface area contributed by atoms with E-state index in [9.17, 15) is 19.2 Å². The number of likely N-dealkylation sites (tertiary alicyclic amines) is 1. The Hall–Kier alpha value is -2.90. The van der Waals surface area contributed by atoms with Crippen molar-refractivity contribution in [3.63, 3.8) is 0 Å². The summed E-state index contributed by atoms with van der Waals surface area (Å²) in [6.45, 7) is 1.52. The highest BCUT2D eigenvalue weighted by atomic mass is 16.2. The largest absolute Gasteiger partial charge is 0.338 e. The third-order valence-corrected chi connectivity index (χ3v) is 5.42. The van der Waals surface area contributed by atoms with E-state index in [1.807, 2.05) is 0 Å². The molecule has 0 bridgehead atoms. The van der Waals surface area contributed by atoms with E-state index in [0.29, 0.717) is 44.5 Å². The maximum Gasteiger partial charge on any atom is 0.322 e. The van der Waals surface area contributed by atoms with Gasteiger partial charge in [0.1, 0.15) is 5.54 Å². The van der Waals surface area contributed by atoms with Crippen LogP contribution in [0.4, 0.5) is 10.5 Å². The molecule has 136 valence electrons. The highest BCUT2D eigenvalue weighted by molar-refractivity contribution is 6.07. The van der Waals surface area contributed by atoms with Crippen LogP contribution in [0.5, 0.6) is 0 Å². The Balaban J connectivity index is 1.41. The number of nitrogens with zero attached hydrogens (tertiary/aromatic N) is 2. The number of carbonyl (C=O) groups is 4. The van der Waals surface area contributed by atoms with Crippen LogP contribution >= 0.6 is 0 Å². The van der Waals surface area contributed by atoms with Gasteiger partial charge in [-0.15, -0.1) is 0 Å². The van der Waals surface area contributed by atoms with Crippen LogP contribution in [0.15, 0.2) is 24.3 Å². The Morgan fingerprint density at radius 2 is 1.69 bits per heavy atom. The van der Waals surface area contributed by atoms with Crippen molar-refractivity contribution in [2.24, 2.45) is 0 Å². The first-order chi connectivity index (χ1) is 12.5. The second-order valence-electron chi connectivity index (χ2n) is 6.98. The molecule has 3 saturated heterocycles. The molecule has 3 fully saturated rings. The lowest BCUT2D eigenvalue weighted by molar-refractivity contribution is -0.125. The van der Waals surface area contributed by atoms with Crippen LogP contribution in [0.25, 0.3) is 0 Å². The van der Waals surface area contributed by atoms with E-state index >= 15 is 0 Å². The monoisotopic (exact) mass is 356 g/mol. The number of imide groups is 1. The quantitative estimate of drug-likeness (QED) is 0.759. The first kappa shape index (κ1) is 16.6. The Labute approximate surface area is 150 Å². The zero-order chi connectivity index (χ0) is 18.3. The van der Waals surface area contributed by atoms with Crippen LogP contribution in [0.2, 0.25) is 0 Å². The lowest BCUT2D eigenvalue weighted by Gasteiger charge is -2.37. The Bertz CT molecular complexity index is 781. The van der Waals surface area contributed by atoms with Crippen LogP contribution in [0.3, 0.4) is 0 Å². The van der Waals surface area contributed by atoms with Crippen molar-refractivity contribution in [1.82, 2.24) is 15.5 Å². The predicted octanol–water partition coefficient (Wildman–Crippen LogP) is 0.628. The standard InChI is InChI=1S/C18H20N4O4/c23-14-2-1-9-22(14)13-5-3-12(4-6-13)15(24)21-10-7-18(8-11-21)16(25)19-17(26)20-18/h3-6H,1-2,7-11H2,(H2,19,20,25,26). The molecule has 8 nitrogen and oxygen atoms in total. The highest BCUT2D eigenvalue weighted by Gasteiger charge is 2.48. The molecule has 3 heterocycles. The van der Waals surface area contributed by atoms with Crippen molar-refractivity contribution in [1.29, 1.82) is 0 Å². The molecule has 0 aromatic heterocycles. The van der Waals surface area contributed by atoms with Gasteiger partial charge in [-0.2, -0.15) is 0 Å². The minimum Gasteiger partial charge on any atom is -0.338 e. The van der Waals surface area contributed by atoms with E-state index in [2.05, 4.69) is 10.6 Å². The first-order valence-electron chi connectivity index (χ1n) is 8.82. The minimum atomic E-state index is -0.881. The molecule has 1 aromatic carbocycles. The summed E-state index contributed by atoms with van der Waals surface area (Å²) in [5.41, 5.74) is 0.483. The van der Waals surface area contributed by atoms with Crippen molar-refractivity contribution in [3.05, 3.63) is 29.8 Å². The molecule has 0 aliphatic carbocycles. The van der Waals surface area contributed by atoms with Gasteiger partial charge in [-0.05, 0) is 43.5 Å². The third kappa shape index (κ3) is 2.71. The molecule has 2 N–H and O–H groups in total. The summed E-state index contributed by atoms with van der Waals surface area (Å²) in [5.74, 6) is -0.305. The molecule has 26 heavy (non-hydrogen) atoms. The molecule has 3 aliphatic rings. The van der Waals surface area contributed by atoms with Crippen molar-refractivity contribution < 1.29 is 19.2 Å². The molecule has 4 rings (SSSR count). The summed E-state index contributed by atoms with van der Waals surface area (Å²) in [4.78, 5) is 51.3. The topological polar surface area (TPSA) is 98.8 Å². The van der Waals surface area contributed by atoms with E-state index in [1.54, 1.807) is 34.1 Å². The average Bonchev–Trinajstić information content (AvgIpc) is 3.18. The zero-order valence-corrected chi connectivity index (χ0v) is 14.3. The third-order valence-electron chi connectivity index (χ3n) is 5.42. The summed E-state index contributed by atoms with van der Waals surface area (Å²) < 4.78 is 0. The number of anilines is 1. The number of urea groups is 1. The zero-order valence-electron chi connectivity index (χ0n) is 14.3. The maximum absolute atomic E-state index is 12.7. The van der Waals surface area contributed by atoms with Crippen molar-refractivity contribution >= 4 is 29.4 Å². The van der Waals surface area contributed by atoms with E-state index in [4.69, 9.17) is 0 Å². The van der Waals surface area contributed by atoms with Crippen LogP contribution in [-0.4, -0.2) is 53.8 Å². The molecule has 5 amide bonds. The van der Waals surface area contributed by atoms with E-state index in [-0.39, 0.29) is 17.7 Å². The lowest BCUT2D eigenvalue weighted by atomic mass is 9.87. The Kier molecular flexibility index (Phi) is 3.90. The number of benzene rings is 1. The first-order valence-corrected chi connectivity index (χ1v) is 8.82. The van der Waals surface area contributed by atoms with Crippen LogP contribution < -0.4 is 15.5 Å². The number of amides is 5. The van der Waals surface area contributed by atoms with Gasteiger partial charge >= 0.3 is 6.03 Å². The summed E-state index contributed by atoms with van der Waals surface area (Å²) in [6.07, 6.45) is 2.23. The second-order valence-corrected chi connectivity index (χ2v) is 6.98. The highest BCUT2D eigenvalue weighted by Crippen LogP contribution is 2.27. The van der Waals surface area contributed by atoms with Gasteiger partial charge in [0.25, 0.3) is 11.8 Å². The molecule has 8 heteroatoms. The van der Waals surface area contributed by atoms with Gasteiger partial charge in [0, 0.05) is 37.3 Å². The molecule has 0 saturated carbocycles. The number of rotatable bonds is 2. The normalized spacial score (nSPS) is 21.9. The maximum atomic E-state index is 12.7. The van der Waals surface area contributed by atoms with Gasteiger partial charge in [-0.25, -0.2) is 4.79 Å². The summed E-state index contributed by atoms with van der Waals surface area (Å²) in [7, 11) is 0. The van der Waals surface area contributed by atoms with Gasteiger partial charge in [-0.1, -0.05) is 0 Å². The number of hydrogen-bond donors (Lipinski definition) is 2. The predicted molar refractivity (Wildman–Crippen MR) is 92.6 cm³/mol. The molecular formula is C18H20N4O4. The lowest BCUT2D eigenvalue weighted by Crippen LogP contribution is -2.55. The number of carbonyl (C=O) groups excluding carboxylic acids is 4. The SMILES string of the molecule is O=C1NC(=O)C2(CCN(C(=O)c3ccc(N4CCCC4=O)cc3)CC2)N1. The average molecular weight is 356 g/mol. The molecule has 0 atom stereocenters. The van der Waals surface area contributed by atoms with Crippen molar-refractivity contribution in [2.45, 2.75) is 31.2 Å². The number of nitrogens with one attached hydrogen (secondary N) is 2. The molecule has 1 spiro atoms. The molecule has 3 aliphatic heterocycles. The summed E-state index contributed by atoms with van der Waals surface area (Å²) in [5, 5.41) is 4.95. The van der Waals surface area contributed by atoms with Gasteiger partial charge in [0.15, 0.2) is 0 Å². The van der Waals surface area contributed by atoms with Crippen molar-refractivity contribution in [3.8, 4) is 0 Å². The smallest absolute Gasteiger partial charge is 0.322 e. The number of hydrogen-bond acceptors (Lipinski definition) is 4. The van der Waals surface area contributed by atoms with E-state index in [1.165, 1.54) is 0 Å². The van der Waals surface area contributed by atoms with Gasteiger partial charge < -0.3 is 15.1 Å². The van der Waals surface area contributed by atoms with E-state index < -0.39 is 11.6 Å².